The van der Waals surface area contributed by atoms with Gasteiger partial charge in [-0.2, -0.15) is 25.3 Å². The predicted octanol–water partition coefficient (Wildman–Crippen LogP) is 0.778. The molecule has 2 atom stereocenters. The molecule has 1 aliphatic rings. The molecular formula is C6H10O2S2. The molecule has 0 amide bonds. The van der Waals surface area contributed by atoms with Gasteiger partial charge < -0.3 is 4.74 Å². The number of cyclic esters (lactones) is 1. The molecular weight excluding hydrogens is 168 g/mol. The van der Waals surface area contributed by atoms with E-state index >= 15 is 0 Å². The Kier molecular flexibility index (Phi) is 2.92. The van der Waals surface area contributed by atoms with Crippen molar-refractivity contribution in [1.29, 1.82) is 0 Å². The van der Waals surface area contributed by atoms with Crippen molar-refractivity contribution in [2.45, 2.75) is 12.5 Å². The minimum Gasteiger partial charge on any atom is -0.461 e. The van der Waals surface area contributed by atoms with Gasteiger partial charge in [0.15, 0.2) is 0 Å². The van der Waals surface area contributed by atoms with Crippen LogP contribution in [0.1, 0.15) is 6.42 Å². The summed E-state index contributed by atoms with van der Waals surface area (Å²) in [4.78, 5) is 10.9. The van der Waals surface area contributed by atoms with Crippen LogP contribution in [0.4, 0.5) is 0 Å². The topological polar surface area (TPSA) is 26.3 Å². The van der Waals surface area contributed by atoms with Crippen LogP contribution in [0.2, 0.25) is 0 Å². The van der Waals surface area contributed by atoms with Gasteiger partial charge in [-0.15, -0.1) is 0 Å². The number of carbonyl (C=O) groups is 1. The van der Waals surface area contributed by atoms with Crippen LogP contribution in [0.25, 0.3) is 0 Å². The second-order valence-corrected chi connectivity index (χ2v) is 3.09. The van der Waals surface area contributed by atoms with Gasteiger partial charge in [0.25, 0.3) is 0 Å². The van der Waals surface area contributed by atoms with Gasteiger partial charge in [0.1, 0.15) is 6.10 Å². The Balaban J connectivity index is 2.44. The Morgan fingerprint density at radius 1 is 1.50 bits per heavy atom. The molecule has 1 heterocycles. The Hall–Kier alpha value is 0.170. The van der Waals surface area contributed by atoms with E-state index in [4.69, 9.17) is 4.74 Å². The number of hydrogen-bond acceptors (Lipinski definition) is 4. The van der Waals surface area contributed by atoms with Crippen LogP contribution in [0.3, 0.4) is 0 Å². The summed E-state index contributed by atoms with van der Waals surface area (Å²) in [5.41, 5.74) is 0. The molecule has 0 saturated carbocycles. The van der Waals surface area contributed by atoms with Crippen LogP contribution in [-0.2, 0) is 9.53 Å². The van der Waals surface area contributed by atoms with Gasteiger partial charge in [-0.05, 0) is 6.42 Å². The van der Waals surface area contributed by atoms with E-state index in [0.29, 0.717) is 11.5 Å². The standard InChI is InChI=1S/C6H10O2S2/c7-6-4(2-9)1-5(3-10)8-6/h4-5,9-10H,1-3H2/t4-,5+/m1/s1. The van der Waals surface area contributed by atoms with E-state index in [1.807, 2.05) is 0 Å². The highest BCUT2D eigenvalue weighted by atomic mass is 32.1. The summed E-state index contributed by atoms with van der Waals surface area (Å²) < 4.78 is 4.95. The second-order valence-electron chi connectivity index (χ2n) is 2.36. The summed E-state index contributed by atoms with van der Waals surface area (Å²) in [6.45, 7) is 0. The zero-order valence-electron chi connectivity index (χ0n) is 5.49. The third kappa shape index (κ3) is 1.61. The molecule has 0 aromatic heterocycles. The first-order valence-corrected chi connectivity index (χ1v) is 4.46. The highest BCUT2D eigenvalue weighted by molar-refractivity contribution is 7.80. The third-order valence-electron chi connectivity index (χ3n) is 1.59. The maximum atomic E-state index is 10.9. The molecule has 0 aliphatic carbocycles. The van der Waals surface area contributed by atoms with E-state index in [-0.39, 0.29) is 18.0 Å². The summed E-state index contributed by atoms with van der Waals surface area (Å²) in [7, 11) is 0. The van der Waals surface area contributed by atoms with Gasteiger partial charge in [-0.1, -0.05) is 0 Å². The van der Waals surface area contributed by atoms with E-state index in [9.17, 15) is 4.79 Å². The van der Waals surface area contributed by atoms with Gasteiger partial charge in [-0.3, -0.25) is 4.79 Å². The SMILES string of the molecule is O=C1O[C@H](CS)C[C@@H]1CS. The summed E-state index contributed by atoms with van der Waals surface area (Å²) >= 11 is 8.06. The number of thiol groups is 2. The fourth-order valence-electron chi connectivity index (χ4n) is 0.983. The fourth-order valence-corrected chi connectivity index (χ4v) is 1.50. The molecule has 0 bridgehead atoms. The monoisotopic (exact) mass is 178 g/mol. The maximum absolute atomic E-state index is 10.9. The van der Waals surface area contributed by atoms with E-state index in [1.165, 1.54) is 0 Å². The molecule has 0 aromatic carbocycles. The van der Waals surface area contributed by atoms with Gasteiger partial charge in [-0.25, -0.2) is 0 Å². The lowest BCUT2D eigenvalue weighted by molar-refractivity contribution is -0.143. The highest BCUT2D eigenvalue weighted by Gasteiger charge is 2.32. The van der Waals surface area contributed by atoms with Crippen molar-refractivity contribution >= 4 is 31.2 Å². The van der Waals surface area contributed by atoms with Crippen LogP contribution in [0.5, 0.6) is 0 Å². The van der Waals surface area contributed by atoms with Crippen LogP contribution in [0.15, 0.2) is 0 Å². The summed E-state index contributed by atoms with van der Waals surface area (Å²) in [5.74, 6) is 1.09. The molecule has 0 spiro atoms. The van der Waals surface area contributed by atoms with Crippen molar-refractivity contribution in [2.24, 2.45) is 5.92 Å². The van der Waals surface area contributed by atoms with E-state index < -0.39 is 0 Å². The molecule has 58 valence electrons. The van der Waals surface area contributed by atoms with Gasteiger partial charge in [0.05, 0.1) is 5.92 Å². The van der Waals surface area contributed by atoms with Gasteiger partial charge >= 0.3 is 5.97 Å². The molecule has 10 heavy (non-hydrogen) atoms. The number of carbonyl (C=O) groups excluding carboxylic acids is 1. The molecule has 0 N–H and O–H groups in total. The Morgan fingerprint density at radius 3 is 2.50 bits per heavy atom. The average Bonchev–Trinajstić information content (AvgIpc) is 2.30. The fraction of sp³-hybridized carbons (Fsp3) is 0.833. The largest absolute Gasteiger partial charge is 0.461 e. The number of hydrogen-bond donors (Lipinski definition) is 2. The van der Waals surface area contributed by atoms with E-state index in [0.717, 1.165) is 6.42 Å². The lowest BCUT2D eigenvalue weighted by Gasteiger charge is -2.01. The normalized spacial score (nSPS) is 32.4. The third-order valence-corrected chi connectivity index (χ3v) is 2.44. The quantitative estimate of drug-likeness (QED) is 0.483. The molecule has 1 fully saturated rings. The van der Waals surface area contributed by atoms with Crippen molar-refractivity contribution in [3.63, 3.8) is 0 Å². The van der Waals surface area contributed by atoms with Crippen molar-refractivity contribution < 1.29 is 9.53 Å². The maximum Gasteiger partial charge on any atom is 0.310 e. The molecule has 2 nitrogen and oxygen atoms in total. The lowest BCUT2D eigenvalue weighted by atomic mass is 10.1. The lowest BCUT2D eigenvalue weighted by Crippen LogP contribution is -2.08. The van der Waals surface area contributed by atoms with Crippen molar-refractivity contribution in [1.82, 2.24) is 0 Å². The summed E-state index contributed by atoms with van der Waals surface area (Å²) in [6, 6.07) is 0. The van der Waals surface area contributed by atoms with Gasteiger partial charge in [0, 0.05) is 11.5 Å². The Labute approximate surface area is 71.1 Å². The Bertz CT molecular complexity index is 138. The van der Waals surface area contributed by atoms with E-state index in [2.05, 4.69) is 25.3 Å². The number of ether oxygens (including phenoxy) is 1. The second kappa shape index (κ2) is 3.53. The average molecular weight is 178 g/mol. The molecule has 4 heteroatoms. The summed E-state index contributed by atoms with van der Waals surface area (Å²) in [6.07, 6.45) is 0.805. The molecule has 1 saturated heterocycles. The highest BCUT2D eigenvalue weighted by Crippen LogP contribution is 2.22. The first-order chi connectivity index (χ1) is 4.77. The van der Waals surface area contributed by atoms with Crippen LogP contribution in [-0.4, -0.2) is 23.6 Å². The van der Waals surface area contributed by atoms with Gasteiger partial charge in [0.2, 0.25) is 0 Å². The van der Waals surface area contributed by atoms with Crippen LogP contribution in [0, 0.1) is 5.92 Å². The Morgan fingerprint density at radius 2 is 2.20 bits per heavy atom. The van der Waals surface area contributed by atoms with E-state index in [1.54, 1.807) is 0 Å². The molecule has 0 unspecified atom stereocenters. The van der Waals surface area contributed by atoms with Crippen LogP contribution >= 0.6 is 25.3 Å². The van der Waals surface area contributed by atoms with Crippen LogP contribution < -0.4 is 0 Å². The molecule has 1 rings (SSSR count). The number of rotatable bonds is 2. The molecule has 0 radical (unpaired) electrons. The summed E-state index contributed by atoms with van der Waals surface area (Å²) in [5, 5.41) is 0. The molecule has 0 aromatic rings. The minimum atomic E-state index is -0.117. The number of esters is 1. The predicted molar refractivity (Wildman–Crippen MR) is 45.7 cm³/mol. The first kappa shape index (κ1) is 8.27. The van der Waals surface area contributed by atoms with Crippen molar-refractivity contribution in [3.05, 3.63) is 0 Å². The smallest absolute Gasteiger partial charge is 0.310 e. The molecule has 1 aliphatic heterocycles. The van der Waals surface area contributed by atoms with Crippen molar-refractivity contribution in [3.8, 4) is 0 Å². The minimum absolute atomic E-state index is 0.000448. The van der Waals surface area contributed by atoms with Crippen molar-refractivity contribution in [2.75, 3.05) is 11.5 Å². The zero-order valence-corrected chi connectivity index (χ0v) is 7.28. The zero-order chi connectivity index (χ0) is 7.56. The first-order valence-electron chi connectivity index (χ1n) is 3.20.